The smallest absolute Gasteiger partial charge is 0.291 e. The molecule has 2 aromatic carbocycles. The van der Waals surface area contributed by atoms with Gasteiger partial charge in [0.1, 0.15) is 5.82 Å². The fourth-order valence-corrected chi connectivity index (χ4v) is 4.10. The number of rotatable bonds is 4. The number of carbonyl (C=O) groups excluding carboxylic acids is 2. The molecule has 0 aliphatic carbocycles. The normalized spacial score (nSPS) is 16.5. The van der Waals surface area contributed by atoms with Gasteiger partial charge in [0.15, 0.2) is 5.76 Å². The highest BCUT2D eigenvalue weighted by atomic mass is 32.2. The van der Waals surface area contributed by atoms with Crippen LogP contribution in [-0.2, 0) is 9.53 Å². The molecule has 4 rings (SSSR count). The third-order valence-electron chi connectivity index (χ3n) is 5.04. The molecule has 0 saturated carbocycles. The van der Waals surface area contributed by atoms with E-state index in [1.54, 1.807) is 52.8 Å². The molecule has 0 spiro atoms. The zero-order chi connectivity index (χ0) is 20.9. The minimum Gasteiger partial charge on any atom is -0.487 e. The molecular formula is C22H22FN3O3S. The first-order chi connectivity index (χ1) is 14.6. The Kier molecular flexibility index (Phi) is 6.23. The second kappa shape index (κ2) is 9.21. The van der Waals surface area contributed by atoms with Crippen molar-refractivity contribution in [1.82, 2.24) is 4.90 Å². The number of piperazine rings is 1. The molecule has 6 nitrogen and oxygen atoms in total. The number of carbonyl (C=O) groups is 2. The molecule has 2 aliphatic heterocycles. The maximum Gasteiger partial charge on any atom is 0.291 e. The second-order valence-electron chi connectivity index (χ2n) is 6.93. The Morgan fingerprint density at radius 3 is 2.47 bits per heavy atom. The molecule has 2 aliphatic rings. The molecule has 0 atom stereocenters. The fourth-order valence-electron chi connectivity index (χ4n) is 3.48. The molecule has 0 radical (unpaired) electrons. The van der Waals surface area contributed by atoms with Gasteiger partial charge in [0.25, 0.3) is 11.8 Å². The van der Waals surface area contributed by atoms with E-state index in [9.17, 15) is 14.0 Å². The quantitative estimate of drug-likeness (QED) is 0.811. The zero-order valence-electron chi connectivity index (χ0n) is 16.3. The largest absolute Gasteiger partial charge is 0.487 e. The predicted octanol–water partition coefficient (Wildman–Crippen LogP) is 3.33. The van der Waals surface area contributed by atoms with Crippen LogP contribution in [-0.4, -0.2) is 55.3 Å². The van der Waals surface area contributed by atoms with Gasteiger partial charge in [0, 0.05) is 37.3 Å². The fraction of sp³-hybridized carbons (Fsp3) is 0.273. The van der Waals surface area contributed by atoms with Crippen LogP contribution < -0.4 is 10.2 Å². The van der Waals surface area contributed by atoms with Gasteiger partial charge in [0.2, 0.25) is 0 Å². The van der Waals surface area contributed by atoms with Crippen LogP contribution in [0.25, 0.3) is 0 Å². The summed E-state index contributed by atoms with van der Waals surface area (Å²) in [4.78, 5) is 29.3. The summed E-state index contributed by atoms with van der Waals surface area (Å²) in [7, 11) is 0. The standard InChI is InChI=1S/C22H22FN3O3S/c23-17-6-2-4-8-19(17)25-9-11-26(12-10-25)22(28)16-5-1-3-7-18(16)24-21(27)20-15-30-14-13-29-20/h1-8,15H,9-14H2,(H,24,27). The molecule has 1 saturated heterocycles. The van der Waals surface area contributed by atoms with Gasteiger partial charge in [-0.05, 0) is 24.3 Å². The average molecular weight is 428 g/mol. The van der Waals surface area contributed by atoms with Gasteiger partial charge in [-0.15, -0.1) is 11.8 Å². The summed E-state index contributed by atoms with van der Waals surface area (Å²) in [5.41, 5.74) is 1.43. The van der Waals surface area contributed by atoms with Gasteiger partial charge in [0.05, 0.1) is 23.5 Å². The number of para-hydroxylation sites is 2. The van der Waals surface area contributed by atoms with Gasteiger partial charge in [-0.3, -0.25) is 9.59 Å². The first-order valence-corrected chi connectivity index (χ1v) is 10.8. The predicted molar refractivity (Wildman–Crippen MR) is 116 cm³/mol. The molecule has 0 bridgehead atoms. The van der Waals surface area contributed by atoms with Crippen molar-refractivity contribution in [3.63, 3.8) is 0 Å². The molecule has 30 heavy (non-hydrogen) atoms. The number of hydrogen-bond donors (Lipinski definition) is 1. The van der Waals surface area contributed by atoms with Gasteiger partial charge < -0.3 is 19.9 Å². The van der Waals surface area contributed by atoms with Crippen molar-refractivity contribution >= 4 is 35.0 Å². The van der Waals surface area contributed by atoms with Crippen LogP contribution in [0.2, 0.25) is 0 Å². The molecule has 2 heterocycles. The lowest BCUT2D eigenvalue weighted by Gasteiger charge is -2.36. The van der Waals surface area contributed by atoms with Gasteiger partial charge >= 0.3 is 0 Å². The lowest BCUT2D eigenvalue weighted by atomic mass is 10.1. The van der Waals surface area contributed by atoms with E-state index in [2.05, 4.69) is 5.32 Å². The zero-order valence-corrected chi connectivity index (χ0v) is 17.2. The van der Waals surface area contributed by atoms with E-state index in [1.807, 2.05) is 4.90 Å². The molecule has 156 valence electrons. The minimum absolute atomic E-state index is 0.160. The summed E-state index contributed by atoms with van der Waals surface area (Å²) < 4.78 is 19.4. The highest BCUT2D eigenvalue weighted by Crippen LogP contribution is 2.23. The van der Waals surface area contributed by atoms with E-state index >= 15 is 0 Å². The van der Waals surface area contributed by atoms with Crippen LogP contribution >= 0.6 is 11.8 Å². The summed E-state index contributed by atoms with van der Waals surface area (Å²) in [5.74, 6) is 0.276. The number of thioether (sulfide) groups is 1. The van der Waals surface area contributed by atoms with E-state index in [0.29, 0.717) is 49.7 Å². The lowest BCUT2D eigenvalue weighted by Crippen LogP contribution is -2.49. The van der Waals surface area contributed by atoms with Crippen molar-refractivity contribution in [2.24, 2.45) is 0 Å². The summed E-state index contributed by atoms with van der Waals surface area (Å²) in [5, 5.41) is 4.47. The number of halogens is 1. The molecule has 0 unspecified atom stereocenters. The van der Waals surface area contributed by atoms with Crippen LogP contribution in [0.5, 0.6) is 0 Å². The number of anilines is 2. The van der Waals surface area contributed by atoms with Crippen LogP contribution in [0, 0.1) is 5.82 Å². The third kappa shape index (κ3) is 4.43. The van der Waals surface area contributed by atoms with Crippen LogP contribution in [0.3, 0.4) is 0 Å². The maximum atomic E-state index is 14.0. The van der Waals surface area contributed by atoms with E-state index in [-0.39, 0.29) is 23.4 Å². The summed E-state index contributed by atoms with van der Waals surface area (Å²) in [6.45, 7) is 2.51. The first kappa shape index (κ1) is 20.3. The lowest BCUT2D eigenvalue weighted by molar-refractivity contribution is -0.116. The van der Waals surface area contributed by atoms with Crippen LogP contribution in [0.4, 0.5) is 15.8 Å². The Morgan fingerprint density at radius 1 is 1.00 bits per heavy atom. The number of benzene rings is 2. The third-order valence-corrected chi connectivity index (χ3v) is 5.82. The van der Waals surface area contributed by atoms with Crippen molar-refractivity contribution in [3.8, 4) is 0 Å². The summed E-state index contributed by atoms with van der Waals surface area (Å²) >= 11 is 1.52. The van der Waals surface area contributed by atoms with Crippen molar-refractivity contribution < 1.29 is 18.7 Å². The van der Waals surface area contributed by atoms with Crippen molar-refractivity contribution in [3.05, 3.63) is 71.1 Å². The minimum atomic E-state index is -0.369. The van der Waals surface area contributed by atoms with Crippen molar-refractivity contribution in [2.45, 2.75) is 0 Å². The highest BCUT2D eigenvalue weighted by molar-refractivity contribution is 8.02. The summed E-state index contributed by atoms with van der Waals surface area (Å²) in [6.07, 6.45) is 0. The molecule has 1 fully saturated rings. The highest BCUT2D eigenvalue weighted by Gasteiger charge is 2.26. The Hall–Kier alpha value is -3.00. The Balaban J connectivity index is 1.44. The van der Waals surface area contributed by atoms with Gasteiger partial charge in [-0.25, -0.2) is 4.39 Å². The molecule has 8 heteroatoms. The molecular weight excluding hydrogens is 405 g/mol. The molecule has 2 amide bonds. The maximum absolute atomic E-state index is 14.0. The van der Waals surface area contributed by atoms with Crippen molar-refractivity contribution in [2.75, 3.05) is 48.8 Å². The molecule has 0 aromatic heterocycles. The van der Waals surface area contributed by atoms with E-state index in [0.717, 1.165) is 5.75 Å². The number of amides is 2. The van der Waals surface area contributed by atoms with Gasteiger partial charge in [-0.1, -0.05) is 24.3 Å². The Morgan fingerprint density at radius 2 is 1.73 bits per heavy atom. The second-order valence-corrected chi connectivity index (χ2v) is 7.91. The molecule has 2 aromatic rings. The SMILES string of the molecule is O=C(Nc1ccccc1C(=O)N1CCN(c2ccccc2F)CC1)C1=CSCCO1. The number of ether oxygens (including phenoxy) is 1. The van der Waals surface area contributed by atoms with E-state index in [1.165, 1.54) is 17.8 Å². The summed E-state index contributed by atoms with van der Waals surface area (Å²) in [6, 6.07) is 13.6. The van der Waals surface area contributed by atoms with Crippen LogP contribution in [0.1, 0.15) is 10.4 Å². The molecule has 1 N–H and O–H groups in total. The Labute approximate surface area is 178 Å². The number of hydrogen-bond acceptors (Lipinski definition) is 5. The topological polar surface area (TPSA) is 61.9 Å². The van der Waals surface area contributed by atoms with Gasteiger partial charge in [-0.2, -0.15) is 0 Å². The van der Waals surface area contributed by atoms with Crippen molar-refractivity contribution in [1.29, 1.82) is 0 Å². The number of nitrogens with zero attached hydrogens (tertiary/aromatic N) is 2. The average Bonchev–Trinajstić information content (AvgIpc) is 2.80. The Bertz CT molecular complexity index is 974. The monoisotopic (exact) mass is 427 g/mol. The van der Waals surface area contributed by atoms with Crippen LogP contribution in [0.15, 0.2) is 59.7 Å². The van der Waals surface area contributed by atoms with E-state index in [4.69, 9.17) is 4.74 Å². The van der Waals surface area contributed by atoms with E-state index < -0.39 is 0 Å². The number of nitrogens with one attached hydrogen (secondary N) is 1. The first-order valence-electron chi connectivity index (χ1n) is 9.77.